The summed E-state index contributed by atoms with van der Waals surface area (Å²) in [6.07, 6.45) is 10.8. The maximum atomic E-state index is 12.6. The molecule has 0 aliphatic carbocycles. The van der Waals surface area contributed by atoms with Gasteiger partial charge in [0.1, 0.15) is 0 Å². The highest BCUT2D eigenvalue weighted by molar-refractivity contribution is 5.76. The second-order valence-electron chi connectivity index (χ2n) is 12.6. The zero-order valence-electron chi connectivity index (χ0n) is 21.3. The number of carbonyl (C=O) groups excluding carboxylic acids is 1. The molecule has 0 radical (unpaired) electrons. The van der Waals surface area contributed by atoms with Crippen LogP contribution < -0.4 is 5.32 Å². The van der Waals surface area contributed by atoms with Crippen LogP contribution in [0, 0.1) is 28.6 Å². The number of hydrogen-bond acceptors (Lipinski definition) is 3. The Morgan fingerprint density at radius 1 is 0.935 bits per heavy atom. The van der Waals surface area contributed by atoms with Gasteiger partial charge in [0.05, 0.1) is 0 Å². The Labute approximate surface area is 192 Å². The fourth-order valence-electron chi connectivity index (χ4n) is 6.86. The standard InChI is InChI=1S/C27H51N3O/c1-26(2,3)24-13-19-29(16-9-10-25(31)30-17-7-6-8-18-30)21-22(24)20-27(4,5)23-11-14-28-15-12-23/h22-24,28H,6-21H2,1-5H3. The Bertz CT molecular complexity index is 555. The van der Waals surface area contributed by atoms with E-state index in [9.17, 15) is 4.79 Å². The number of piperidine rings is 3. The van der Waals surface area contributed by atoms with Crippen molar-refractivity contribution >= 4 is 5.91 Å². The fraction of sp³-hybridized carbons (Fsp3) is 0.963. The molecule has 2 atom stereocenters. The molecule has 0 bridgehead atoms. The molecule has 3 aliphatic heterocycles. The Morgan fingerprint density at radius 2 is 1.61 bits per heavy atom. The minimum absolute atomic E-state index is 0.380. The van der Waals surface area contributed by atoms with Crippen LogP contribution in [0.4, 0.5) is 0 Å². The quantitative estimate of drug-likeness (QED) is 0.601. The topological polar surface area (TPSA) is 35.6 Å². The maximum absolute atomic E-state index is 12.6. The third-order valence-electron chi connectivity index (χ3n) is 8.74. The van der Waals surface area contributed by atoms with Crippen molar-refractivity contribution in [1.82, 2.24) is 15.1 Å². The van der Waals surface area contributed by atoms with Crippen LogP contribution in [-0.2, 0) is 4.79 Å². The van der Waals surface area contributed by atoms with Crippen LogP contribution in [0.25, 0.3) is 0 Å². The van der Waals surface area contributed by atoms with Crippen molar-refractivity contribution in [1.29, 1.82) is 0 Å². The van der Waals surface area contributed by atoms with Gasteiger partial charge in [0.25, 0.3) is 0 Å². The van der Waals surface area contributed by atoms with E-state index >= 15 is 0 Å². The van der Waals surface area contributed by atoms with Gasteiger partial charge >= 0.3 is 0 Å². The average Bonchev–Trinajstić information content (AvgIpc) is 2.74. The molecule has 0 saturated carbocycles. The van der Waals surface area contributed by atoms with Gasteiger partial charge in [-0.15, -0.1) is 0 Å². The summed E-state index contributed by atoms with van der Waals surface area (Å²) in [7, 11) is 0. The van der Waals surface area contributed by atoms with Crippen LogP contribution in [0.15, 0.2) is 0 Å². The zero-order valence-corrected chi connectivity index (χ0v) is 21.3. The molecule has 0 spiro atoms. The highest BCUT2D eigenvalue weighted by Gasteiger charge is 2.41. The van der Waals surface area contributed by atoms with Gasteiger partial charge in [-0.05, 0) is 106 Å². The second kappa shape index (κ2) is 11.0. The molecule has 4 heteroatoms. The van der Waals surface area contributed by atoms with Crippen LogP contribution >= 0.6 is 0 Å². The van der Waals surface area contributed by atoms with Crippen molar-refractivity contribution in [2.45, 2.75) is 92.4 Å². The number of nitrogens with zero attached hydrogens (tertiary/aromatic N) is 2. The molecule has 4 nitrogen and oxygen atoms in total. The summed E-state index contributed by atoms with van der Waals surface area (Å²) in [5.74, 6) is 2.83. The summed E-state index contributed by atoms with van der Waals surface area (Å²) in [5.41, 5.74) is 0.800. The lowest BCUT2D eigenvalue weighted by molar-refractivity contribution is -0.132. The summed E-state index contributed by atoms with van der Waals surface area (Å²) in [6, 6.07) is 0. The predicted molar refractivity (Wildman–Crippen MR) is 131 cm³/mol. The van der Waals surface area contributed by atoms with E-state index in [1.807, 2.05) is 0 Å². The lowest BCUT2D eigenvalue weighted by atomic mass is 9.62. The van der Waals surface area contributed by atoms with Gasteiger partial charge in [0.15, 0.2) is 0 Å². The first-order valence-electron chi connectivity index (χ1n) is 13.4. The van der Waals surface area contributed by atoms with Crippen LogP contribution in [0.5, 0.6) is 0 Å². The summed E-state index contributed by atoms with van der Waals surface area (Å²) >= 11 is 0. The average molecular weight is 434 g/mol. The second-order valence-corrected chi connectivity index (χ2v) is 12.6. The minimum Gasteiger partial charge on any atom is -0.343 e. The molecule has 3 heterocycles. The van der Waals surface area contributed by atoms with E-state index in [1.165, 1.54) is 71.1 Å². The van der Waals surface area contributed by atoms with E-state index in [0.29, 0.717) is 16.7 Å². The molecule has 1 N–H and O–H groups in total. The Hall–Kier alpha value is -0.610. The monoisotopic (exact) mass is 433 g/mol. The first-order valence-corrected chi connectivity index (χ1v) is 13.4. The van der Waals surface area contributed by atoms with E-state index in [2.05, 4.69) is 49.7 Å². The van der Waals surface area contributed by atoms with Crippen molar-refractivity contribution in [2.75, 3.05) is 45.8 Å². The Kier molecular flexibility index (Phi) is 8.88. The molecule has 180 valence electrons. The van der Waals surface area contributed by atoms with E-state index in [4.69, 9.17) is 0 Å². The van der Waals surface area contributed by atoms with E-state index in [-0.39, 0.29) is 0 Å². The molecule has 1 amide bonds. The van der Waals surface area contributed by atoms with Gasteiger partial charge in [-0.25, -0.2) is 0 Å². The van der Waals surface area contributed by atoms with Crippen molar-refractivity contribution in [2.24, 2.45) is 28.6 Å². The Balaban J connectivity index is 1.53. The maximum Gasteiger partial charge on any atom is 0.222 e. The van der Waals surface area contributed by atoms with Crippen molar-refractivity contribution < 1.29 is 4.79 Å². The predicted octanol–water partition coefficient (Wildman–Crippen LogP) is 5.18. The molecule has 0 aromatic carbocycles. The van der Waals surface area contributed by atoms with Crippen LogP contribution in [0.1, 0.15) is 92.4 Å². The lowest BCUT2D eigenvalue weighted by Crippen LogP contribution is -2.47. The molecular weight excluding hydrogens is 382 g/mol. The molecule has 2 unspecified atom stereocenters. The van der Waals surface area contributed by atoms with Crippen molar-refractivity contribution in [3.05, 3.63) is 0 Å². The largest absolute Gasteiger partial charge is 0.343 e. The number of hydrogen-bond donors (Lipinski definition) is 1. The smallest absolute Gasteiger partial charge is 0.222 e. The number of likely N-dealkylation sites (tertiary alicyclic amines) is 2. The van der Waals surface area contributed by atoms with E-state index in [0.717, 1.165) is 50.2 Å². The number of rotatable bonds is 7. The molecule has 0 aromatic heterocycles. The molecule has 3 aliphatic rings. The minimum atomic E-state index is 0.380. The third-order valence-corrected chi connectivity index (χ3v) is 8.74. The normalized spacial score (nSPS) is 27.5. The first-order chi connectivity index (χ1) is 14.7. The van der Waals surface area contributed by atoms with Crippen molar-refractivity contribution in [3.63, 3.8) is 0 Å². The van der Waals surface area contributed by atoms with Gasteiger partial charge in [-0.3, -0.25) is 4.79 Å². The highest BCUT2D eigenvalue weighted by atomic mass is 16.2. The summed E-state index contributed by atoms with van der Waals surface area (Å²) < 4.78 is 0. The van der Waals surface area contributed by atoms with Crippen LogP contribution in [-0.4, -0.2) is 61.5 Å². The lowest BCUT2D eigenvalue weighted by Gasteiger charge is -2.49. The van der Waals surface area contributed by atoms with E-state index < -0.39 is 0 Å². The molecule has 3 fully saturated rings. The number of amides is 1. The summed E-state index contributed by atoms with van der Waals surface area (Å²) in [5, 5.41) is 3.55. The highest BCUT2D eigenvalue weighted by Crippen LogP contribution is 2.46. The Morgan fingerprint density at radius 3 is 2.26 bits per heavy atom. The number of carbonyl (C=O) groups is 1. The molecule has 3 rings (SSSR count). The third kappa shape index (κ3) is 7.19. The SMILES string of the molecule is CC(C)(C)C1CCN(CCCC(=O)N2CCCCC2)CC1CC(C)(C)C1CCNCC1. The number of nitrogens with one attached hydrogen (secondary N) is 1. The first kappa shape index (κ1) is 25.0. The molecule has 0 aromatic rings. The molecule has 31 heavy (non-hydrogen) atoms. The van der Waals surface area contributed by atoms with Gasteiger partial charge in [-0.2, -0.15) is 0 Å². The van der Waals surface area contributed by atoms with Gasteiger partial charge in [0, 0.05) is 26.1 Å². The molecule has 3 saturated heterocycles. The fourth-order valence-corrected chi connectivity index (χ4v) is 6.86. The van der Waals surface area contributed by atoms with Crippen molar-refractivity contribution in [3.8, 4) is 0 Å². The zero-order chi connectivity index (χ0) is 22.5. The summed E-state index contributed by atoms with van der Waals surface area (Å²) in [6.45, 7) is 20.3. The molecular formula is C27H51N3O. The van der Waals surface area contributed by atoms with Crippen LogP contribution in [0.2, 0.25) is 0 Å². The van der Waals surface area contributed by atoms with Gasteiger partial charge < -0.3 is 15.1 Å². The van der Waals surface area contributed by atoms with Crippen LogP contribution in [0.3, 0.4) is 0 Å². The van der Waals surface area contributed by atoms with Gasteiger partial charge in [-0.1, -0.05) is 34.6 Å². The summed E-state index contributed by atoms with van der Waals surface area (Å²) in [4.78, 5) is 17.4. The van der Waals surface area contributed by atoms with E-state index in [1.54, 1.807) is 0 Å². The van der Waals surface area contributed by atoms with Gasteiger partial charge in [0.2, 0.25) is 5.91 Å².